The summed E-state index contributed by atoms with van der Waals surface area (Å²) in [5.74, 6) is 0.0727. The van der Waals surface area contributed by atoms with Crippen molar-refractivity contribution >= 4 is 45.2 Å². The monoisotopic (exact) mass is 418 g/mol. The van der Waals surface area contributed by atoms with Crippen LogP contribution in [0.1, 0.15) is 11.8 Å². The van der Waals surface area contributed by atoms with E-state index >= 15 is 0 Å². The highest BCUT2D eigenvalue weighted by Crippen LogP contribution is 2.29. The van der Waals surface area contributed by atoms with Gasteiger partial charge in [0.2, 0.25) is 11.8 Å². The van der Waals surface area contributed by atoms with Crippen molar-refractivity contribution in [1.82, 2.24) is 9.80 Å². The number of halogens is 1. The largest absolute Gasteiger partial charge is 0.339 e. The molecule has 0 bridgehead atoms. The number of piperazine rings is 1. The molecule has 2 aromatic rings. The van der Waals surface area contributed by atoms with E-state index in [0.29, 0.717) is 26.2 Å². The zero-order valence-corrected chi connectivity index (χ0v) is 16.3. The van der Waals surface area contributed by atoms with Crippen LogP contribution in [0.4, 0.5) is 0 Å². The molecule has 25 heavy (non-hydrogen) atoms. The average molecular weight is 419 g/mol. The Balaban J connectivity index is 1.60. The molecule has 1 fully saturated rings. The van der Waals surface area contributed by atoms with Crippen LogP contribution in [-0.2, 0) is 9.59 Å². The van der Waals surface area contributed by atoms with Crippen molar-refractivity contribution in [2.45, 2.75) is 6.92 Å². The molecule has 1 aromatic carbocycles. The zero-order valence-electron chi connectivity index (χ0n) is 13.9. The van der Waals surface area contributed by atoms with Crippen molar-refractivity contribution in [3.8, 4) is 10.4 Å². The van der Waals surface area contributed by atoms with Crippen LogP contribution in [0.15, 0.2) is 46.9 Å². The molecule has 1 saturated heterocycles. The number of hydrogen-bond acceptors (Lipinski definition) is 3. The predicted octanol–water partition coefficient (Wildman–Crippen LogP) is 3.88. The van der Waals surface area contributed by atoms with Crippen molar-refractivity contribution < 1.29 is 9.59 Å². The van der Waals surface area contributed by atoms with Crippen LogP contribution in [0.2, 0.25) is 0 Å². The standard InChI is InChI=1S/C19H19BrN2O2S/c1-14(23)21-10-12-22(13-11-21)19(24)9-7-17-6-8-18(25-17)15-2-4-16(20)5-3-15/h2-9H,10-13H2,1H3. The molecule has 0 radical (unpaired) electrons. The molecular formula is C19H19BrN2O2S. The molecule has 1 aromatic heterocycles. The van der Waals surface area contributed by atoms with Gasteiger partial charge in [0.05, 0.1) is 0 Å². The van der Waals surface area contributed by atoms with Gasteiger partial charge in [0.1, 0.15) is 0 Å². The van der Waals surface area contributed by atoms with Gasteiger partial charge in [-0.1, -0.05) is 28.1 Å². The molecule has 1 aliphatic heterocycles. The van der Waals surface area contributed by atoms with Gasteiger partial charge in [0.25, 0.3) is 0 Å². The number of carbonyl (C=O) groups is 2. The molecule has 130 valence electrons. The molecule has 0 atom stereocenters. The summed E-state index contributed by atoms with van der Waals surface area (Å²) in [6.45, 7) is 3.98. The van der Waals surface area contributed by atoms with Crippen LogP contribution >= 0.6 is 27.3 Å². The molecule has 0 aliphatic carbocycles. The van der Waals surface area contributed by atoms with Gasteiger partial charge < -0.3 is 9.80 Å². The van der Waals surface area contributed by atoms with E-state index in [1.54, 1.807) is 34.1 Å². The van der Waals surface area contributed by atoms with Gasteiger partial charge >= 0.3 is 0 Å². The normalized spacial score (nSPS) is 15.0. The van der Waals surface area contributed by atoms with Crippen LogP contribution in [0, 0.1) is 0 Å². The minimum Gasteiger partial charge on any atom is -0.339 e. The third-order valence-corrected chi connectivity index (χ3v) is 5.81. The van der Waals surface area contributed by atoms with Gasteiger partial charge in [-0.3, -0.25) is 9.59 Å². The summed E-state index contributed by atoms with van der Waals surface area (Å²) in [6, 6.07) is 12.3. The van der Waals surface area contributed by atoms with Crippen molar-refractivity contribution in [2.24, 2.45) is 0 Å². The Morgan fingerprint density at radius 1 is 1.00 bits per heavy atom. The van der Waals surface area contributed by atoms with E-state index in [-0.39, 0.29) is 11.8 Å². The van der Waals surface area contributed by atoms with Gasteiger partial charge in [-0.15, -0.1) is 11.3 Å². The average Bonchev–Trinajstić information content (AvgIpc) is 3.09. The molecule has 2 heterocycles. The van der Waals surface area contributed by atoms with Crippen LogP contribution in [0.25, 0.3) is 16.5 Å². The van der Waals surface area contributed by atoms with Gasteiger partial charge in [0.15, 0.2) is 0 Å². The molecule has 0 spiro atoms. The molecule has 0 N–H and O–H groups in total. The second-order valence-electron chi connectivity index (χ2n) is 5.87. The third-order valence-electron chi connectivity index (χ3n) is 4.18. The second kappa shape index (κ2) is 7.97. The minimum absolute atomic E-state index is 0.00166. The number of hydrogen-bond donors (Lipinski definition) is 0. The molecule has 3 rings (SSSR count). The topological polar surface area (TPSA) is 40.6 Å². The smallest absolute Gasteiger partial charge is 0.246 e. The van der Waals surface area contributed by atoms with Crippen LogP contribution in [-0.4, -0.2) is 47.8 Å². The Hall–Kier alpha value is -1.92. The van der Waals surface area contributed by atoms with Crippen molar-refractivity contribution in [2.75, 3.05) is 26.2 Å². The van der Waals surface area contributed by atoms with Crippen LogP contribution < -0.4 is 0 Å². The first kappa shape index (κ1) is 17.9. The van der Waals surface area contributed by atoms with Crippen molar-refractivity contribution in [3.05, 3.63) is 51.8 Å². The molecule has 0 unspecified atom stereocenters. The predicted molar refractivity (Wildman–Crippen MR) is 105 cm³/mol. The minimum atomic E-state index is 0.00166. The number of amides is 2. The number of thiophene rings is 1. The van der Waals surface area contributed by atoms with Gasteiger partial charge in [0, 0.05) is 53.4 Å². The fraction of sp³-hybridized carbons (Fsp3) is 0.263. The number of carbonyl (C=O) groups excluding carboxylic acids is 2. The lowest BCUT2D eigenvalue weighted by atomic mass is 10.2. The fourth-order valence-corrected chi connectivity index (χ4v) is 3.89. The Morgan fingerprint density at radius 3 is 2.28 bits per heavy atom. The van der Waals surface area contributed by atoms with E-state index in [4.69, 9.17) is 0 Å². The number of nitrogens with zero attached hydrogens (tertiary/aromatic N) is 2. The maximum atomic E-state index is 12.3. The maximum absolute atomic E-state index is 12.3. The number of rotatable bonds is 3. The van der Waals surface area contributed by atoms with E-state index in [1.807, 2.05) is 24.3 Å². The van der Waals surface area contributed by atoms with E-state index in [1.165, 1.54) is 10.4 Å². The maximum Gasteiger partial charge on any atom is 0.246 e. The third kappa shape index (κ3) is 4.58. The highest BCUT2D eigenvalue weighted by atomic mass is 79.9. The Bertz CT molecular complexity index is 790. The second-order valence-corrected chi connectivity index (χ2v) is 7.90. The Labute approximate surface area is 159 Å². The van der Waals surface area contributed by atoms with E-state index in [2.05, 4.69) is 34.1 Å². The van der Waals surface area contributed by atoms with Crippen molar-refractivity contribution in [3.63, 3.8) is 0 Å². The van der Waals surface area contributed by atoms with Gasteiger partial charge in [-0.25, -0.2) is 0 Å². The lowest BCUT2D eigenvalue weighted by Gasteiger charge is -2.33. The molecule has 2 amide bonds. The Kier molecular flexibility index (Phi) is 5.71. The Morgan fingerprint density at radius 2 is 1.64 bits per heavy atom. The summed E-state index contributed by atoms with van der Waals surface area (Å²) < 4.78 is 1.06. The zero-order chi connectivity index (χ0) is 17.8. The highest BCUT2D eigenvalue weighted by molar-refractivity contribution is 9.10. The van der Waals surface area contributed by atoms with Crippen LogP contribution in [0.5, 0.6) is 0 Å². The lowest BCUT2D eigenvalue weighted by Crippen LogP contribution is -2.49. The SMILES string of the molecule is CC(=O)N1CCN(C(=O)C=Cc2ccc(-c3ccc(Br)cc3)s2)CC1. The first-order valence-electron chi connectivity index (χ1n) is 8.11. The summed E-state index contributed by atoms with van der Waals surface area (Å²) in [6.07, 6.45) is 3.49. The molecule has 6 heteroatoms. The fourth-order valence-electron chi connectivity index (χ4n) is 2.71. The molecule has 4 nitrogen and oxygen atoms in total. The first-order chi connectivity index (χ1) is 12.0. The quantitative estimate of drug-likeness (QED) is 0.709. The lowest BCUT2D eigenvalue weighted by molar-refractivity contribution is -0.135. The molecule has 0 saturated carbocycles. The molecular weight excluding hydrogens is 400 g/mol. The number of benzene rings is 1. The molecule has 1 aliphatic rings. The van der Waals surface area contributed by atoms with E-state index in [0.717, 1.165) is 9.35 Å². The van der Waals surface area contributed by atoms with E-state index < -0.39 is 0 Å². The summed E-state index contributed by atoms with van der Waals surface area (Å²) >= 11 is 5.10. The van der Waals surface area contributed by atoms with Crippen LogP contribution in [0.3, 0.4) is 0 Å². The van der Waals surface area contributed by atoms with Gasteiger partial charge in [-0.2, -0.15) is 0 Å². The first-order valence-corrected chi connectivity index (χ1v) is 9.72. The summed E-state index contributed by atoms with van der Waals surface area (Å²) in [7, 11) is 0. The van der Waals surface area contributed by atoms with Crippen molar-refractivity contribution in [1.29, 1.82) is 0 Å². The summed E-state index contributed by atoms with van der Waals surface area (Å²) in [5.41, 5.74) is 1.17. The van der Waals surface area contributed by atoms with Gasteiger partial charge in [-0.05, 0) is 35.9 Å². The summed E-state index contributed by atoms with van der Waals surface area (Å²) in [5, 5.41) is 0. The summed E-state index contributed by atoms with van der Waals surface area (Å²) in [4.78, 5) is 29.4. The van der Waals surface area contributed by atoms with E-state index in [9.17, 15) is 9.59 Å². The highest BCUT2D eigenvalue weighted by Gasteiger charge is 2.20.